The third-order valence-corrected chi connectivity index (χ3v) is 4.36. The van der Waals surface area contributed by atoms with E-state index in [1.54, 1.807) is 18.5 Å². The van der Waals surface area contributed by atoms with Crippen molar-refractivity contribution in [3.05, 3.63) is 48.0 Å². The van der Waals surface area contributed by atoms with Gasteiger partial charge in [-0.3, -0.25) is 14.7 Å². The van der Waals surface area contributed by atoms with E-state index in [1.165, 1.54) is 19.2 Å². The zero-order valence-corrected chi connectivity index (χ0v) is 13.9. The van der Waals surface area contributed by atoms with Gasteiger partial charge in [-0.1, -0.05) is 0 Å². The van der Waals surface area contributed by atoms with Crippen molar-refractivity contribution >= 4 is 5.91 Å². The van der Waals surface area contributed by atoms with Crippen molar-refractivity contribution in [2.45, 2.75) is 25.1 Å². The van der Waals surface area contributed by atoms with Crippen LogP contribution < -0.4 is 10.5 Å². The quantitative estimate of drug-likeness (QED) is 0.853. The minimum absolute atomic E-state index is 0.334. The number of hydrogen-bond acceptors (Lipinski definition) is 5. The van der Waals surface area contributed by atoms with Crippen LogP contribution in [0.4, 0.5) is 4.39 Å². The number of hydrogen-bond donors (Lipinski definition) is 2. The van der Waals surface area contributed by atoms with E-state index >= 15 is 0 Å². The molecular formula is C18H20FN3O3. The number of benzene rings is 1. The largest absolute Gasteiger partial charge is 0.496 e. The maximum absolute atomic E-state index is 13.6. The summed E-state index contributed by atoms with van der Waals surface area (Å²) in [4.78, 5) is 17.6. The van der Waals surface area contributed by atoms with Crippen LogP contribution in [0.15, 0.2) is 36.7 Å². The molecule has 25 heavy (non-hydrogen) atoms. The summed E-state index contributed by atoms with van der Waals surface area (Å²) in [7, 11) is 1.52. The second-order valence-corrected chi connectivity index (χ2v) is 6.16. The van der Waals surface area contributed by atoms with Crippen LogP contribution in [0.3, 0.4) is 0 Å². The first-order chi connectivity index (χ1) is 12.0. The standard InChI is InChI=1S/C18H20FN3O3/c1-25-17-3-2-13(19)5-15(17)12-4-11(7-21-8-12)9-22-10-14(23)6-16(22)18(20)24/h2-5,7-8,14,16,23H,6,9-10H2,1H3,(H2,20,24)/t14-,16+/m1/s1. The van der Waals surface area contributed by atoms with Gasteiger partial charge < -0.3 is 15.6 Å². The molecule has 3 N–H and O–H groups in total. The molecule has 6 nitrogen and oxygen atoms in total. The van der Waals surface area contributed by atoms with Gasteiger partial charge in [0.15, 0.2) is 0 Å². The number of nitrogens with two attached hydrogens (primary N) is 1. The SMILES string of the molecule is COc1ccc(F)cc1-c1cncc(CN2C[C@H](O)C[C@H]2C(N)=O)c1. The first-order valence-corrected chi connectivity index (χ1v) is 7.97. The fourth-order valence-electron chi connectivity index (χ4n) is 3.21. The first kappa shape index (κ1) is 17.3. The van der Waals surface area contributed by atoms with Crippen molar-refractivity contribution in [1.82, 2.24) is 9.88 Å². The summed E-state index contributed by atoms with van der Waals surface area (Å²) in [5.41, 5.74) is 7.57. The molecule has 0 radical (unpaired) electrons. The number of carbonyl (C=O) groups is 1. The van der Waals surface area contributed by atoms with Crippen LogP contribution in [0.5, 0.6) is 5.75 Å². The summed E-state index contributed by atoms with van der Waals surface area (Å²) in [5, 5.41) is 9.81. The van der Waals surface area contributed by atoms with E-state index in [4.69, 9.17) is 10.5 Å². The minimum Gasteiger partial charge on any atom is -0.496 e. The molecule has 2 heterocycles. The molecule has 2 aromatic rings. The van der Waals surface area contributed by atoms with Gasteiger partial charge in [-0.2, -0.15) is 0 Å². The Morgan fingerprint density at radius 1 is 1.44 bits per heavy atom. The molecule has 0 spiro atoms. The fraction of sp³-hybridized carbons (Fsp3) is 0.333. The Labute approximate surface area is 145 Å². The molecule has 0 saturated carbocycles. The summed E-state index contributed by atoms with van der Waals surface area (Å²) in [6.45, 7) is 0.796. The van der Waals surface area contributed by atoms with Gasteiger partial charge >= 0.3 is 0 Å². The van der Waals surface area contributed by atoms with E-state index in [0.717, 1.165) is 5.56 Å². The van der Waals surface area contributed by atoms with E-state index in [2.05, 4.69) is 4.98 Å². The Hall–Kier alpha value is -2.51. The molecule has 2 atom stereocenters. The van der Waals surface area contributed by atoms with Crippen LogP contribution in [0.2, 0.25) is 0 Å². The normalized spacial score (nSPS) is 20.6. The number of rotatable bonds is 5. The Balaban J connectivity index is 1.87. The lowest BCUT2D eigenvalue weighted by Crippen LogP contribution is -2.39. The molecule has 1 aromatic carbocycles. The van der Waals surface area contributed by atoms with Crippen LogP contribution in [0.25, 0.3) is 11.1 Å². The molecule has 1 fully saturated rings. The Bertz CT molecular complexity index is 784. The topological polar surface area (TPSA) is 88.7 Å². The van der Waals surface area contributed by atoms with Crippen LogP contribution >= 0.6 is 0 Å². The molecule has 1 aliphatic heterocycles. The molecule has 0 unspecified atom stereocenters. The predicted octanol–water partition coefficient (Wildman–Crippen LogP) is 1.32. The highest BCUT2D eigenvalue weighted by Gasteiger charge is 2.34. The molecule has 0 bridgehead atoms. The number of pyridine rings is 1. The number of amides is 1. The smallest absolute Gasteiger partial charge is 0.234 e. The molecule has 1 amide bonds. The molecule has 1 aromatic heterocycles. The average molecular weight is 345 g/mol. The number of carbonyl (C=O) groups excluding carboxylic acids is 1. The van der Waals surface area contributed by atoms with Gasteiger partial charge in [0.05, 0.1) is 19.3 Å². The lowest BCUT2D eigenvalue weighted by Gasteiger charge is -2.21. The number of ether oxygens (including phenoxy) is 1. The van der Waals surface area contributed by atoms with Gasteiger partial charge in [-0.15, -0.1) is 0 Å². The lowest BCUT2D eigenvalue weighted by molar-refractivity contribution is -0.122. The second kappa shape index (κ2) is 7.16. The average Bonchev–Trinajstić information content (AvgIpc) is 2.95. The van der Waals surface area contributed by atoms with Crippen molar-refractivity contribution in [1.29, 1.82) is 0 Å². The molecule has 1 aliphatic rings. The van der Waals surface area contributed by atoms with Crippen LogP contribution in [-0.4, -0.2) is 46.7 Å². The summed E-state index contributed by atoms with van der Waals surface area (Å²) in [6, 6.07) is 5.67. The maximum atomic E-state index is 13.6. The number of aliphatic hydroxyl groups is 1. The van der Waals surface area contributed by atoms with Crippen molar-refractivity contribution in [3.8, 4) is 16.9 Å². The summed E-state index contributed by atoms with van der Waals surface area (Å²) >= 11 is 0. The maximum Gasteiger partial charge on any atom is 0.234 e. The summed E-state index contributed by atoms with van der Waals surface area (Å²) in [5.74, 6) is -0.267. The minimum atomic E-state index is -0.572. The highest BCUT2D eigenvalue weighted by molar-refractivity contribution is 5.80. The first-order valence-electron chi connectivity index (χ1n) is 7.97. The summed E-state index contributed by atoms with van der Waals surface area (Å²) < 4.78 is 18.9. The number of halogens is 1. The van der Waals surface area contributed by atoms with E-state index in [0.29, 0.717) is 36.4 Å². The zero-order valence-electron chi connectivity index (χ0n) is 13.9. The van der Waals surface area contributed by atoms with Crippen molar-refractivity contribution in [3.63, 3.8) is 0 Å². The molecular weight excluding hydrogens is 325 g/mol. The van der Waals surface area contributed by atoms with E-state index in [1.807, 2.05) is 11.0 Å². The van der Waals surface area contributed by atoms with Gasteiger partial charge in [0.1, 0.15) is 11.6 Å². The Morgan fingerprint density at radius 3 is 2.96 bits per heavy atom. The van der Waals surface area contributed by atoms with Crippen LogP contribution in [-0.2, 0) is 11.3 Å². The van der Waals surface area contributed by atoms with Crippen molar-refractivity contribution in [2.75, 3.05) is 13.7 Å². The van der Waals surface area contributed by atoms with Gasteiger partial charge in [0, 0.05) is 36.6 Å². The Morgan fingerprint density at radius 2 is 2.24 bits per heavy atom. The number of likely N-dealkylation sites (tertiary alicyclic amines) is 1. The number of aliphatic hydroxyl groups excluding tert-OH is 1. The number of primary amides is 1. The van der Waals surface area contributed by atoms with Crippen molar-refractivity contribution in [2.24, 2.45) is 5.73 Å². The molecule has 3 rings (SSSR count). The lowest BCUT2D eigenvalue weighted by atomic mass is 10.0. The molecule has 132 valence electrons. The van der Waals surface area contributed by atoms with E-state index < -0.39 is 18.1 Å². The van der Waals surface area contributed by atoms with Gasteiger partial charge in [-0.25, -0.2) is 4.39 Å². The van der Waals surface area contributed by atoms with E-state index in [9.17, 15) is 14.3 Å². The monoisotopic (exact) mass is 345 g/mol. The molecule has 0 aliphatic carbocycles. The van der Waals surface area contributed by atoms with E-state index in [-0.39, 0.29) is 5.82 Å². The molecule has 1 saturated heterocycles. The second-order valence-electron chi connectivity index (χ2n) is 6.16. The number of aromatic nitrogens is 1. The predicted molar refractivity (Wildman–Crippen MR) is 90.2 cm³/mol. The summed E-state index contributed by atoms with van der Waals surface area (Å²) in [6.07, 6.45) is 3.07. The molecule has 7 heteroatoms. The third kappa shape index (κ3) is 3.78. The highest BCUT2D eigenvalue weighted by atomic mass is 19.1. The fourth-order valence-corrected chi connectivity index (χ4v) is 3.21. The van der Waals surface area contributed by atoms with Crippen molar-refractivity contribution < 1.29 is 19.0 Å². The number of β-amino-alcohol motifs (C(OH)–C–C–N with tert-alkyl or cyclic N) is 1. The zero-order chi connectivity index (χ0) is 18.0. The highest BCUT2D eigenvalue weighted by Crippen LogP contribution is 2.31. The third-order valence-electron chi connectivity index (χ3n) is 4.36. The number of methoxy groups -OCH3 is 1. The number of nitrogens with zero attached hydrogens (tertiary/aromatic N) is 2. The Kier molecular flexibility index (Phi) is 4.96. The van der Waals surface area contributed by atoms with Crippen LogP contribution in [0, 0.1) is 5.82 Å². The van der Waals surface area contributed by atoms with Gasteiger partial charge in [-0.05, 0) is 36.2 Å². The van der Waals surface area contributed by atoms with Gasteiger partial charge in [0.25, 0.3) is 0 Å². The van der Waals surface area contributed by atoms with Crippen LogP contribution in [0.1, 0.15) is 12.0 Å². The van der Waals surface area contributed by atoms with Gasteiger partial charge in [0.2, 0.25) is 5.91 Å².